The van der Waals surface area contributed by atoms with Crippen LogP contribution >= 0.6 is 0 Å². The predicted molar refractivity (Wildman–Crippen MR) is 119 cm³/mol. The molecular formula is C25H26FN3O3. The Hall–Kier alpha value is -3.48. The SMILES string of the molecule is COc1ccc(C2(C(N)=O)CCCC(c3cc(-c4cc(F)ccc4OC)ncn3)C2)cc1. The van der Waals surface area contributed by atoms with E-state index in [-0.39, 0.29) is 17.6 Å². The van der Waals surface area contributed by atoms with Crippen molar-refractivity contribution in [1.82, 2.24) is 9.97 Å². The third-order valence-electron chi connectivity index (χ3n) is 6.41. The van der Waals surface area contributed by atoms with E-state index in [4.69, 9.17) is 15.2 Å². The van der Waals surface area contributed by atoms with E-state index in [1.165, 1.54) is 25.6 Å². The molecule has 4 rings (SSSR count). The largest absolute Gasteiger partial charge is 0.497 e. The van der Waals surface area contributed by atoms with Crippen LogP contribution in [0, 0.1) is 5.82 Å². The number of carbonyl (C=O) groups excluding carboxylic acids is 1. The number of rotatable bonds is 6. The summed E-state index contributed by atoms with van der Waals surface area (Å²) < 4.78 is 24.5. The summed E-state index contributed by atoms with van der Waals surface area (Å²) in [5.41, 5.74) is 8.00. The van der Waals surface area contributed by atoms with Crippen LogP contribution in [0.15, 0.2) is 54.9 Å². The fourth-order valence-corrected chi connectivity index (χ4v) is 4.69. The fourth-order valence-electron chi connectivity index (χ4n) is 4.69. The summed E-state index contributed by atoms with van der Waals surface area (Å²) >= 11 is 0. The molecule has 0 aliphatic heterocycles. The number of nitrogens with two attached hydrogens (primary N) is 1. The topological polar surface area (TPSA) is 87.3 Å². The molecule has 1 amide bonds. The molecule has 6 nitrogen and oxygen atoms in total. The maximum atomic E-state index is 13.9. The minimum absolute atomic E-state index is 0.0136. The van der Waals surface area contributed by atoms with Crippen LogP contribution in [0.3, 0.4) is 0 Å². The minimum Gasteiger partial charge on any atom is -0.497 e. The Bertz CT molecular complexity index is 1120. The number of amides is 1. The van der Waals surface area contributed by atoms with Gasteiger partial charge in [-0.15, -0.1) is 0 Å². The summed E-state index contributed by atoms with van der Waals surface area (Å²) in [5, 5.41) is 0. The average molecular weight is 435 g/mol. The molecule has 1 fully saturated rings. The van der Waals surface area contributed by atoms with Crippen molar-refractivity contribution in [2.45, 2.75) is 37.0 Å². The van der Waals surface area contributed by atoms with Crippen LogP contribution in [0.4, 0.5) is 4.39 Å². The highest BCUT2D eigenvalue weighted by atomic mass is 19.1. The third-order valence-corrected chi connectivity index (χ3v) is 6.41. The Kier molecular flexibility index (Phi) is 6.08. The van der Waals surface area contributed by atoms with Crippen LogP contribution in [0.25, 0.3) is 11.3 Å². The van der Waals surface area contributed by atoms with Gasteiger partial charge in [-0.05, 0) is 61.2 Å². The van der Waals surface area contributed by atoms with E-state index in [1.807, 2.05) is 30.3 Å². The standard InChI is InChI=1S/C25H26FN3O3/c1-31-19-8-5-17(6-9-19)25(24(27)30)11-3-4-16(14-25)21-13-22(29-15-28-21)20-12-18(26)7-10-23(20)32-2/h5-10,12-13,15-16H,3-4,11,14H2,1-2H3,(H2,27,30). The highest BCUT2D eigenvalue weighted by Gasteiger charge is 2.43. The van der Waals surface area contributed by atoms with Gasteiger partial charge in [-0.3, -0.25) is 4.79 Å². The molecule has 32 heavy (non-hydrogen) atoms. The van der Waals surface area contributed by atoms with Crippen LogP contribution in [-0.2, 0) is 10.2 Å². The number of aromatic nitrogens is 2. The Labute approximate surface area is 186 Å². The molecule has 2 aromatic carbocycles. The first-order valence-corrected chi connectivity index (χ1v) is 10.6. The molecule has 0 bridgehead atoms. The van der Waals surface area contributed by atoms with Crippen LogP contribution in [0.1, 0.15) is 42.9 Å². The molecule has 3 aromatic rings. The molecule has 0 spiro atoms. The van der Waals surface area contributed by atoms with E-state index in [1.54, 1.807) is 13.2 Å². The lowest BCUT2D eigenvalue weighted by Crippen LogP contribution is -2.44. The van der Waals surface area contributed by atoms with E-state index in [0.717, 1.165) is 29.8 Å². The van der Waals surface area contributed by atoms with Gasteiger partial charge in [-0.1, -0.05) is 18.6 Å². The highest BCUT2D eigenvalue weighted by Crippen LogP contribution is 2.46. The number of hydrogen-bond acceptors (Lipinski definition) is 5. The molecule has 1 aromatic heterocycles. The number of methoxy groups -OCH3 is 2. The van der Waals surface area contributed by atoms with E-state index in [2.05, 4.69) is 9.97 Å². The zero-order chi connectivity index (χ0) is 22.7. The lowest BCUT2D eigenvalue weighted by molar-refractivity contribution is -0.125. The molecule has 1 aliphatic rings. The van der Waals surface area contributed by atoms with Gasteiger partial charge in [-0.2, -0.15) is 0 Å². The zero-order valence-electron chi connectivity index (χ0n) is 18.2. The van der Waals surface area contributed by atoms with Crippen molar-refractivity contribution in [1.29, 1.82) is 0 Å². The molecule has 1 saturated carbocycles. The molecule has 0 radical (unpaired) electrons. The van der Waals surface area contributed by atoms with Gasteiger partial charge in [-0.25, -0.2) is 14.4 Å². The van der Waals surface area contributed by atoms with Gasteiger partial charge in [0.15, 0.2) is 0 Å². The Morgan fingerprint density at radius 3 is 2.56 bits per heavy atom. The van der Waals surface area contributed by atoms with Gasteiger partial charge < -0.3 is 15.2 Å². The van der Waals surface area contributed by atoms with Gasteiger partial charge in [0, 0.05) is 17.2 Å². The summed E-state index contributed by atoms with van der Waals surface area (Å²) in [7, 11) is 3.14. The smallest absolute Gasteiger partial charge is 0.228 e. The Morgan fingerprint density at radius 1 is 1.09 bits per heavy atom. The van der Waals surface area contributed by atoms with E-state index >= 15 is 0 Å². The molecule has 1 aliphatic carbocycles. The second kappa shape index (κ2) is 8.94. The number of ether oxygens (including phenoxy) is 2. The quantitative estimate of drug-likeness (QED) is 0.621. The van der Waals surface area contributed by atoms with Gasteiger partial charge in [0.2, 0.25) is 5.91 Å². The Morgan fingerprint density at radius 2 is 1.88 bits per heavy atom. The molecule has 0 saturated heterocycles. The van der Waals surface area contributed by atoms with Crippen molar-refractivity contribution in [2.24, 2.45) is 5.73 Å². The third kappa shape index (κ3) is 4.02. The van der Waals surface area contributed by atoms with E-state index < -0.39 is 5.41 Å². The summed E-state index contributed by atoms with van der Waals surface area (Å²) in [6.07, 6.45) is 4.42. The lowest BCUT2D eigenvalue weighted by Gasteiger charge is -2.39. The molecule has 2 unspecified atom stereocenters. The zero-order valence-corrected chi connectivity index (χ0v) is 18.2. The van der Waals surface area contributed by atoms with Gasteiger partial charge in [0.05, 0.1) is 25.3 Å². The molecule has 166 valence electrons. The molecule has 2 N–H and O–H groups in total. The van der Waals surface area contributed by atoms with Crippen LogP contribution in [0.2, 0.25) is 0 Å². The number of benzene rings is 2. The van der Waals surface area contributed by atoms with Gasteiger partial charge in [0.25, 0.3) is 0 Å². The summed E-state index contributed by atoms with van der Waals surface area (Å²) in [4.78, 5) is 21.6. The van der Waals surface area contributed by atoms with Gasteiger partial charge >= 0.3 is 0 Å². The maximum absolute atomic E-state index is 13.9. The highest BCUT2D eigenvalue weighted by molar-refractivity contribution is 5.87. The molecular weight excluding hydrogens is 409 g/mol. The first-order chi connectivity index (χ1) is 15.5. The van der Waals surface area contributed by atoms with Crippen LogP contribution in [0.5, 0.6) is 11.5 Å². The molecule has 7 heteroatoms. The van der Waals surface area contributed by atoms with Crippen molar-refractivity contribution in [2.75, 3.05) is 14.2 Å². The second-order valence-corrected chi connectivity index (χ2v) is 8.14. The first kappa shape index (κ1) is 21.7. The van der Waals surface area contributed by atoms with E-state index in [0.29, 0.717) is 29.8 Å². The number of primary amides is 1. The van der Waals surface area contributed by atoms with Crippen molar-refractivity contribution in [3.05, 3.63) is 71.9 Å². The fraction of sp³-hybridized carbons (Fsp3) is 0.320. The summed E-state index contributed by atoms with van der Waals surface area (Å²) in [6.45, 7) is 0. The van der Waals surface area contributed by atoms with E-state index in [9.17, 15) is 9.18 Å². The predicted octanol–water partition coefficient (Wildman–Crippen LogP) is 4.38. The summed E-state index contributed by atoms with van der Waals surface area (Å²) in [6, 6.07) is 13.7. The average Bonchev–Trinajstić information content (AvgIpc) is 2.84. The van der Waals surface area contributed by atoms with Crippen molar-refractivity contribution in [3.63, 3.8) is 0 Å². The number of carbonyl (C=O) groups is 1. The van der Waals surface area contributed by atoms with Crippen molar-refractivity contribution >= 4 is 5.91 Å². The minimum atomic E-state index is -0.781. The van der Waals surface area contributed by atoms with Gasteiger partial charge in [0.1, 0.15) is 23.6 Å². The first-order valence-electron chi connectivity index (χ1n) is 10.6. The molecule has 1 heterocycles. The number of hydrogen-bond donors (Lipinski definition) is 1. The second-order valence-electron chi connectivity index (χ2n) is 8.14. The Balaban J connectivity index is 1.69. The maximum Gasteiger partial charge on any atom is 0.228 e. The summed E-state index contributed by atoms with van der Waals surface area (Å²) in [5.74, 6) is 0.564. The number of nitrogens with zero attached hydrogens (tertiary/aromatic N) is 2. The monoisotopic (exact) mass is 435 g/mol. The van der Waals surface area contributed by atoms with Crippen molar-refractivity contribution in [3.8, 4) is 22.8 Å². The normalized spacial score (nSPS) is 20.5. The van der Waals surface area contributed by atoms with Crippen LogP contribution in [-0.4, -0.2) is 30.1 Å². The van der Waals surface area contributed by atoms with Crippen molar-refractivity contribution < 1.29 is 18.7 Å². The number of halogens is 1. The van der Waals surface area contributed by atoms with Crippen LogP contribution < -0.4 is 15.2 Å². The lowest BCUT2D eigenvalue weighted by atomic mass is 9.64. The molecule has 2 atom stereocenters.